The molecule has 212 valence electrons. The average molecular weight is 611 g/mol. The molecule has 2 saturated heterocycles. The fraction of sp³-hybridized carbons (Fsp3) is 0.421. The summed E-state index contributed by atoms with van der Waals surface area (Å²) < 4.78 is 83.6. The molecule has 39 heavy (non-hydrogen) atoms. The Kier molecular flexibility index (Phi) is 7.94. The van der Waals surface area contributed by atoms with Crippen molar-refractivity contribution in [3.63, 3.8) is 0 Å². The number of hydrogen-bond acceptors (Lipinski definition) is 12. The van der Waals surface area contributed by atoms with Gasteiger partial charge in [-0.15, -0.1) is 21.5 Å². The molecule has 0 aliphatic carbocycles. The third-order valence-electron chi connectivity index (χ3n) is 5.85. The number of aliphatic carboxylic acids is 1. The van der Waals surface area contributed by atoms with Gasteiger partial charge in [-0.25, -0.2) is 31.8 Å². The molecule has 1 aromatic carbocycles. The Morgan fingerprint density at radius 2 is 1.79 bits per heavy atom. The highest BCUT2D eigenvalue weighted by Gasteiger charge is 2.39. The van der Waals surface area contributed by atoms with Crippen LogP contribution in [0.1, 0.15) is 12.8 Å². The highest BCUT2D eigenvalue weighted by molar-refractivity contribution is 7.94. The molecule has 3 aromatic rings. The van der Waals surface area contributed by atoms with Gasteiger partial charge in [0.15, 0.2) is 15.0 Å². The second kappa shape index (κ2) is 10.8. The lowest BCUT2D eigenvalue weighted by Crippen LogP contribution is -2.51. The minimum atomic E-state index is -5.08. The van der Waals surface area contributed by atoms with E-state index >= 15 is 0 Å². The number of benzene rings is 1. The predicted octanol–water partition coefficient (Wildman–Crippen LogP) is 0.617. The molecule has 20 heteroatoms. The molecule has 0 radical (unpaired) electrons. The van der Waals surface area contributed by atoms with E-state index in [-0.39, 0.29) is 29.4 Å². The number of nitrogens with zero attached hydrogens (tertiary/aromatic N) is 5. The number of rotatable bonds is 6. The molecule has 0 spiro atoms. The van der Waals surface area contributed by atoms with Crippen LogP contribution in [0.5, 0.6) is 0 Å². The maximum Gasteiger partial charge on any atom is 0.490 e. The van der Waals surface area contributed by atoms with Crippen molar-refractivity contribution in [3.05, 3.63) is 17.5 Å². The number of tetrazole rings is 1. The van der Waals surface area contributed by atoms with Gasteiger partial charge in [0.05, 0.1) is 21.4 Å². The number of carboxylic acids is 1. The standard InChI is InChI=1S/C17H20N8O4S3.C2HF3O2/c18-32(28,29)15-13(31(26,27)10-7-19-8-10)4-3-11(14(15)16-21-23-24-22-16)12-9-30-17(20-12)25-5-1-2-6-25;3-2(4,5)1(6)7/h3-4,9-10,19H,1-2,5-8H2,(H2,18,28,29)(H,21,22,23,24);(H,6,7). The van der Waals surface area contributed by atoms with Crippen LogP contribution < -0.4 is 15.4 Å². The smallest absolute Gasteiger partial charge is 0.475 e. The first-order valence-electron chi connectivity index (χ1n) is 11.1. The number of nitrogens with two attached hydrogens (primary N) is 1. The van der Waals surface area contributed by atoms with Gasteiger partial charge in [-0.1, -0.05) is 6.07 Å². The molecule has 0 atom stereocenters. The van der Waals surface area contributed by atoms with Gasteiger partial charge in [0.1, 0.15) is 4.90 Å². The Morgan fingerprint density at radius 3 is 2.28 bits per heavy atom. The number of hydrogen-bond donors (Lipinski definition) is 4. The SMILES string of the molecule is NS(=O)(=O)c1c(S(=O)(=O)C2CNC2)ccc(-c2csc(N3CCCC3)n2)c1-c1nn[nH]n1.O=C(O)C(F)(F)F. The normalized spacial score (nSPS) is 16.5. The zero-order chi connectivity index (χ0) is 28.6. The Bertz CT molecular complexity index is 1570. The fourth-order valence-corrected chi connectivity index (χ4v) is 7.94. The van der Waals surface area contributed by atoms with Crippen molar-refractivity contribution < 1.29 is 39.9 Å². The molecule has 5 N–H and O–H groups in total. The fourth-order valence-electron chi connectivity index (χ4n) is 3.88. The van der Waals surface area contributed by atoms with Crippen LogP contribution in [0.2, 0.25) is 0 Å². The minimum absolute atomic E-state index is 0.0344. The van der Waals surface area contributed by atoms with Crippen LogP contribution >= 0.6 is 11.3 Å². The molecule has 0 saturated carbocycles. The molecule has 2 fully saturated rings. The lowest BCUT2D eigenvalue weighted by atomic mass is 10.0. The van der Waals surface area contributed by atoms with Gasteiger partial charge >= 0.3 is 12.1 Å². The molecule has 5 rings (SSSR count). The number of thiazole rings is 1. The van der Waals surface area contributed by atoms with E-state index in [4.69, 9.17) is 15.0 Å². The van der Waals surface area contributed by atoms with Gasteiger partial charge in [0.2, 0.25) is 15.8 Å². The number of sulfonamides is 1. The highest BCUT2D eigenvalue weighted by Crippen LogP contribution is 2.41. The molecule has 0 unspecified atom stereocenters. The molecule has 14 nitrogen and oxygen atoms in total. The summed E-state index contributed by atoms with van der Waals surface area (Å²) in [6.07, 6.45) is -2.91. The van der Waals surface area contributed by atoms with Gasteiger partial charge in [-0.3, -0.25) is 0 Å². The predicted molar refractivity (Wildman–Crippen MR) is 131 cm³/mol. The van der Waals surface area contributed by atoms with Gasteiger partial charge < -0.3 is 15.3 Å². The van der Waals surface area contributed by atoms with E-state index < -0.39 is 42.2 Å². The largest absolute Gasteiger partial charge is 0.490 e. The van der Waals surface area contributed by atoms with Gasteiger partial charge in [-0.2, -0.15) is 18.4 Å². The lowest BCUT2D eigenvalue weighted by molar-refractivity contribution is -0.192. The number of aromatic nitrogens is 5. The van der Waals surface area contributed by atoms with Crippen molar-refractivity contribution in [3.8, 4) is 22.6 Å². The topological polar surface area (TPSA) is 214 Å². The highest BCUT2D eigenvalue weighted by atomic mass is 32.2. The number of anilines is 1. The summed E-state index contributed by atoms with van der Waals surface area (Å²) in [5.41, 5.74) is 0.812. The van der Waals surface area contributed by atoms with Gasteiger partial charge in [0, 0.05) is 37.1 Å². The Hall–Kier alpha value is -3.20. The Labute approximate surface area is 223 Å². The van der Waals surface area contributed by atoms with Crippen molar-refractivity contribution in [1.29, 1.82) is 0 Å². The third kappa shape index (κ3) is 6.03. The summed E-state index contributed by atoms with van der Waals surface area (Å²) in [5, 5.41) is 31.1. The first-order valence-corrected chi connectivity index (χ1v) is 15.1. The quantitative estimate of drug-likeness (QED) is 0.302. The first kappa shape index (κ1) is 28.8. The zero-order valence-electron chi connectivity index (χ0n) is 19.7. The van der Waals surface area contributed by atoms with Crippen molar-refractivity contribution in [2.45, 2.75) is 34.1 Å². The Balaban J connectivity index is 0.000000448. The number of aromatic amines is 1. The minimum Gasteiger partial charge on any atom is -0.475 e. The summed E-state index contributed by atoms with van der Waals surface area (Å²) in [4.78, 5) is 14.8. The second-order valence-corrected chi connectivity index (χ2v) is 13.0. The number of alkyl halides is 3. The molecule has 4 heterocycles. The van der Waals surface area contributed by atoms with E-state index in [9.17, 15) is 30.0 Å². The van der Waals surface area contributed by atoms with Crippen LogP contribution in [0.15, 0.2) is 27.3 Å². The number of primary sulfonamides is 1. The van der Waals surface area contributed by atoms with E-state index in [0.717, 1.165) is 31.1 Å². The van der Waals surface area contributed by atoms with Crippen molar-refractivity contribution in [2.75, 3.05) is 31.1 Å². The monoisotopic (exact) mass is 610 g/mol. The summed E-state index contributed by atoms with van der Waals surface area (Å²) in [6, 6.07) is 2.81. The molecule has 2 aromatic heterocycles. The number of carboxylic acid groups (broad SMARTS) is 1. The van der Waals surface area contributed by atoms with E-state index in [1.807, 2.05) is 0 Å². The molecule has 2 aliphatic rings. The summed E-state index contributed by atoms with van der Waals surface area (Å²) in [5.74, 6) is -2.84. The summed E-state index contributed by atoms with van der Waals surface area (Å²) in [7, 11) is -8.46. The van der Waals surface area contributed by atoms with Crippen LogP contribution in [0, 0.1) is 0 Å². The van der Waals surface area contributed by atoms with Crippen molar-refractivity contribution in [1.82, 2.24) is 30.9 Å². The van der Waals surface area contributed by atoms with E-state index in [0.29, 0.717) is 11.3 Å². The number of carbonyl (C=O) groups is 1. The molecule has 2 aliphatic heterocycles. The molecule has 0 amide bonds. The van der Waals surface area contributed by atoms with E-state index in [1.54, 1.807) is 5.38 Å². The molecular formula is C19H21F3N8O6S3. The first-order chi connectivity index (χ1) is 18.2. The summed E-state index contributed by atoms with van der Waals surface area (Å²) >= 11 is 1.43. The van der Waals surface area contributed by atoms with Crippen LogP contribution in [0.3, 0.4) is 0 Å². The average Bonchev–Trinajstić information content (AvgIpc) is 3.58. The second-order valence-electron chi connectivity index (χ2n) is 8.43. The van der Waals surface area contributed by atoms with Crippen molar-refractivity contribution in [2.24, 2.45) is 5.14 Å². The third-order valence-corrected chi connectivity index (χ3v) is 10.0. The van der Waals surface area contributed by atoms with Gasteiger partial charge in [0.25, 0.3) is 0 Å². The summed E-state index contributed by atoms with van der Waals surface area (Å²) in [6.45, 7) is 2.27. The van der Waals surface area contributed by atoms with Crippen LogP contribution in [0.25, 0.3) is 22.6 Å². The van der Waals surface area contributed by atoms with Crippen LogP contribution in [-0.4, -0.2) is 91.1 Å². The molecular weight excluding hydrogens is 589 g/mol. The lowest BCUT2D eigenvalue weighted by Gasteiger charge is -2.28. The van der Waals surface area contributed by atoms with E-state index in [2.05, 4.69) is 35.8 Å². The maximum atomic E-state index is 13.2. The van der Waals surface area contributed by atoms with Gasteiger partial charge in [-0.05, 0) is 24.1 Å². The number of H-pyrrole nitrogens is 1. The van der Waals surface area contributed by atoms with Crippen LogP contribution in [-0.2, 0) is 24.7 Å². The van der Waals surface area contributed by atoms with E-state index in [1.165, 1.54) is 23.5 Å². The zero-order valence-corrected chi connectivity index (χ0v) is 22.2. The van der Waals surface area contributed by atoms with Crippen molar-refractivity contribution >= 4 is 42.3 Å². The number of sulfone groups is 1. The number of halogens is 3. The maximum absolute atomic E-state index is 13.2. The molecule has 0 bridgehead atoms. The Morgan fingerprint density at radius 1 is 1.15 bits per heavy atom. The number of nitrogens with one attached hydrogen (secondary N) is 2. The van der Waals surface area contributed by atoms with Crippen LogP contribution in [0.4, 0.5) is 18.3 Å².